The van der Waals surface area contributed by atoms with Gasteiger partial charge in [0.15, 0.2) is 0 Å². The summed E-state index contributed by atoms with van der Waals surface area (Å²) >= 11 is 6.24. The summed E-state index contributed by atoms with van der Waals surface area (Å²) in [6.45, 7) is 0.0768. The quantitative estimate of drug-likeness (QED) is 0.221. The van der Waals surface area contributed by atoms with Crippen LogP contribution in [0.15, 0.2) is 72.6 Å². The van der Waals surface area contributed by atoms with Gasteiger partial charge in [0.2, 0.25) is 0 Å². The Morgan fingerprint density at radius 2 is 1.83 bits per heavy atom. The number of amides is 1. The molecule has 1 unspecified atom stereocenters. The van der Waals surface area contributed by atoms with Crippen molar-refractivity contribution in [1.29, 1.82) is 0 Å². The molecule has 1 aliphatic rings. The van der Waals surface area contributed by atoms with Gasteiger partial charge < -0.3 is 24.5 Å². The van der Waals surface area contributed by atoms with Gasteiger partial charge in [0.25, 0.3) is 11.7 Å². The summed E-state index contributed by atoms with van der Waals surface area (Å²) < 4.78 is 10.7. The first-order valence-corrected chi connectivity index (χ1v) is 11.5. The number of halogens is 1. The van der Waals surface area contributed by atoms with E-state index >= 15 is 0 Å². The zero-order valence-electron chi connectivity index (χ0n) is 19.5. The molecule has 5 rings (SSSR count). The van der Waals surface area contributed by atoms with E-state index in [0.717, 1.165) is 10.9 Å². The van der Waals surface area contributed by atoms with Crippen LogP contribution in [0.5, 0.6) is 11.5 Å². The average molecular weight is 504 g/mol. The van der Waals surface area contributed by atoms with E-state index in [-0.39, 0.29) is 40.0 Å². The van der Waals surface area contributed by atoms with Crippen LogP contribution < -0.4 is 9.47 Å². The van der Waals surface area contributed by atoms with E-state index in [1.54, 1.807) is 24.5 Å². The Balaban J connectivity index is 1.75. The summed E-state index contributed by atoms with van der Waals surface area (Å²) in [5.74, 6) is -1.43. The van der Waals surface area contributed by atoms with E-state index in [4.69, 9.17) is 21.1 Å². The number of benzene rings is 2. The number of Topliss-reactive ketones (excluding diaryl/α,β-unsaturated/α-hetero) is 1. The van der Waals surface area contributed by atoms with Gasteiger partial charge in [-0.2, -0.15) is 0 Å². The fourth-order valence-electron chi connectivity index (χ4n) is 4.54. The van der Waals surface area contributed by atoms with Gasteiger partial charge in [-0.1, -0.05) is 35.9 Å². The number of nitrogens with one attached hydrogen (secondary N) is 1. The molecule has 2 aromatic heterocycles. The number of hydrogen-bond donors (Lipinski definition) is 2. The summed E-state index contributed by atoms with van der Waals surface area (Å²) in [5.41, 5.74) is 2.22. The Bertz CT molecular complexity index is 1510. The van der Waals surface area contributed by atoms with Crippen LogP contribution in [0.25, 0.3) is 16.7 Å². The fraction of sp³-hybridized carbons (Fsp3) is 0.148. The lowest BCUT2D eigenvalue weighted by Crippen LogP contribution is -2.29. The molecule has 1 amide bonds. The minimum absolute atomic E-state index is 0.0663. The monoisotopic (exact) mass is 503 g/mol. The number of carbonyl (C=O) groups excluding carboxylic acids is 2. The van der Waals surface area contributed by atoms with Gasteiger partial charge in [-0.25, -0.2) is 0 Å². The smallest absolute Gasteiger partial charge is 0.296 e. The zero-order valence-corrected chi connectivity index (χ0v) is 20.2. The van der Waals surface area contributed by atoms with Crippen LogP contribution in [0.4, 0.5) is 0 Å². The van der Waals surface area contributed by atoms with Gasteiger partial charge in [0.1, 0.15) is 17.3 Å². The van der Waals surface area contributed by atoms with Gasteiger partial charge in [-0.15, -0.1) is 0 Å². The molecule has 0 spiro atoms. The van der Waals surface area contributed by atoms with Gasteiger partial charge >= 0.3 is 0 Å². The predicted molar refractivity (Wildman–Crippen MR) is 135 cm³/mol. The maximum atomic E-state index is 13.4. The molecule has 1 fully saturated rings. The molecule has 1 atom stereocenters. The Kier molecular flexibility index (Phi) is 6.12. The first-order valence-electron chi connectivity index (χ1n) is 11.1. The number of rotatable bonds is 6. The summed E-state index contributed by atoms with van der Waals surface area (Å²) in [6.07, 6.45) is 3.37. The number of para-hydroxylation sites is 1. The molecule has 4 aromatic rings. The summed E-state index contributed by atoms with van der Waals surface area (Å²) in [5, 5.41) is 12.6. The molecule has 0 bridgehead atoms. The topological polar surface area (TPSA) is 105 Å². The summed E-state index contributed by atoms with van der Waals surface area (Å²) in [7, 11) is 2.86. The van der Waals surface area contributed by atoms with Gasteiger partial charge in [0.05, 0.1) is 48.7 Å². The Morgan fingerprint density at radius 3 is 2.56 bits per heavy atom. The number of carbonyl (C=O) groups is 2. The number of fused-ring (bicyclic) bond motifs is 1. The molecule has 3 heterocycles. The molecule has 36 heavy (non-hydrogen) atoms. The van der Waals surface area contributed by atoms with Gasteiger partial charge in [0, 0.05) is 34.9 Å². The highest BCUT2D eigenvalue weighted by molar-refractivity contribution is 6.46. The van der Waals surface area contributed by atoms with Crippen LogP contribution in [-0.2, 0) is 16.1 Å². The van der Waals surface area contributed by atoms with Crippen molar-refractivity contribution in [3.8, 4) is 11.5 Å². The third-order valence-corrected chi connectivity index (χ3v) is 6.54. The van der Waals surface area contributed by atoms with Crippen molar-refractivity contribution in [1.82, 2.24) is 14.9 Å². The van der Waals surface area contributed by atoms with E-state index in [9.17, 15) is 14.7 Å². The SMILES string of the molecule is COc1cc(/C(O)=C2\C(=O)C(=O)N(Cc3ccccn3)C2c2c[nH]c3ccccc23)c(OC)cc1Cl. The third-order valence-electron chi connectivity index (χ3n) is 6.24. The molecule has 0 saturated carbocycles. The van der Waals surface area contributed by atoms with Crippen LogP contribution in [0.2, 0.25) is 5.02 Å². The molecule has 2 aromatic carbocycles. The normalized spacial score (nSPS) is 17.1. The maximum Gasteiger partial charge on any atom is 0.296 e. The largest absolute Gasteiger partial charge is 0.507 e. The minimum Gasteiger partial charge on any atom is -0.507 e. The highest BCUT2D eigenvalue weighted by atomic mass is 35.5. The second-order valence-corrected chi connectivity index (χ2v) is 8.63. The molecular formula is C27H22ClN3O5. The number of aliphatic hydroxyl groups is 1. The van der Waals surface area contributed by atoms with Crippen LogP contribution in [0, 0.1) is 0 Å². The molecule has 0 aliphatic carbocycles. The number of aliphatic hydroxyl groups excluding tert-OH is 1. The second kappa shape index (κ2) is 9.39. The number of likely N-dealkylation sites (tertiary alicyclic amines) is 1. The number of methoxy groups -OCH3 is 2. The number of hydrogen-bond acceptors (Lipinski definition) is 6. The second-order valence-electron chi connectivity index (χ2n) is 8.22. The van der Waals surface area contributed by atoms with E-state index in [2.05, 4.69) is 9.97 Å². The number of pyridine rings is 1. The minimum atomic E-state index is -0.880. The average Bonchev–Trinajstić information content (AvgIpc) is 3.43. The Labute approximate surface area is 211 Å². The Hall–Kier alpha value is -4.30. The van der Waals surface area contributed by atoms with Crippen molar-refractivity contribution in [2.24, 2.45) is 0 Å². The molecule has 0 radical (unpaired) electrons. The van der Waals surface area contributed by atoms with Crippen molar-refractivity contribution in [2.45, 2.75) is 12.6 Å². The number of nitrogens with zero attached hydrogens (tertiary/aromatic N) is 2. The first-order chi connectivity index (χ1) is 17.4. The fourth-order valence-corrected chi connectivity index (χ4v) is 4.77. The van der Waals surface area contributed by atoms with Crippen LogP contribution in [0.1, 0.15) is 22.9 Å². The van der Waals surface area contributed by atoms with Gasteiger partial charge in [-0.05, 0) is 24.3 Å². The number of aromatic nitrogens is 2. The first kappa shape index (κ1) is 23.4. The molecule has 8 nitrogen and oxygen atoms in total. The highest BCUT2D eigenvalue weighted by Crippen LogP contribution is 2.45. The van der Waals surface area contributed by atoms with Crippen LogP contribution in [-0.4, -0.2) is 45.9 Å². The third kappa shape index (κ3) is 3.85. The van der Waals surface area contributed by atoms with Crippen LogP contribution >= 0.6 is 11.6 Å². The number of ketones is 1. The van der Waals surface area contributed by atoms with E-state index < -0.39 is 17.7 Å². The van der Waals surface area contributed by atoms with Crippen molar-refractivity contribution in [3.05, 3.63) is 94.4 Å². The molecule has 2 N–H and O–H groups in total. The summed E-state index contributed by atoms with van der Waals surface area (Å²) in [4.78, 5) is 35.7. The van der Waals surface area contributed by atoms with Gasteiger partial charge in [-0.3, -0.25) is 14.6 Å². The molecule has 1 aliphatic heterocycles. The number of H-pyrrole nitrogens is 1. The maximum absolute atomic E-state index is 13.4. The highest BCUT2D eigenvalue weighted by Gasteiger charge is 2.47. The molecular weight excluding hydrogens is 482 g/mol. The number of ether oxygens (including phenoxy) is 2. The lowest BCUT2D eigenvalue weighted by Gasteiger charge is -2.24. The van der Waals surface area contributed by atoms with Crippen LogP contribution in [0.3, 0.4) is 0 Å². The lowest BCUT2D eigenvalue weighted by atomic mass is 9.94. The van der Waals surface area contributed by atoms with E-state index in [1.165, 1.54) is 31.3 Å². The number of aromatic amines is 1. The standard InChI is InChI=1S/C27H22ClN3O5/c1-35-21-12-19(28)22(36-2)11-17(21)25(32)23-24(18-13-30-20-9-4-3-8-16(18)20)31(27(34)26(23)33)14-15-7-5-6-10-29-15/h3-13,24,30,32H,14H2,1-2H3/b25-23+. The Morgan fingerprint density at radius 1 is 1.08 bits per heavy atom. The lowest BCUT2D eigenvalue weighted by molar-refractivity contribution is -0.140. The van der Waals surface area contributed by atoms with Crippen molar-refractivity contribution < 1.29 is 24.2 Å². The molecule has 9 heteroatoms. The van der Waals surface area contributed by atoms with E-state index in [0.29, 0.717) is 11.3 Å². The molecule has 1 saturated heterocycles. The van der Waals surface area contributed by atoms with Crippen molar-refractivity contribution in [2.75, 3.05) is 14.2 Å². The predicted octanol–water partition coefficient (Wildman–Crippen LogP) is 4.86. The molecule has 182 valence electrons. The van der Waals surface area contributed by atoms with Crippen molar-refractivity contribution in [3.63, 3.8) is 0 Å². The zero-order chi connectivity index (χ0) is 25.4. The van der Waals surface area contributed by atoms with Crippen molar-refractivity contribution >= 4 is 40.0 Å². The van der Waals surface area contributed by atoms with E-state index in [1.807, 2.05) is 30.3 Å². The summed E-state index contributed by atoms with van der Waals surface area (Å²) in [6, 6.07) is 15.0.